The lowest BCUT2D eigenvalue weighted by Gasteiger charge is -2.23. The number of rotatable bonds is 5. The van der Waals surface area contributed by atoms with Gasteiger partial charge >= 0.3 is 0 Å². The Morgan fingerprint density at radius 1 is 1.00 bits per heavy atom. The van der Waals surface area contributed by atoms with Crippen molar-refractivity contribution in [1.82, 2.24) is 0 Å². The van der Waals surface area contributed by atoms with Gasteiger partial charge in [0.15, 0.2) is 11.5 Å². The summed E-state index contributed by atoms with van der Waals surface area (Å²) in [6.07, 6.45) is 0. The van der Waals surface area contributed by atoms with Gasteiger partial charge in [0.05, 0.1) is 25.6 Å². The molecule has 21 heavy (non-hydrogen) atoms. The van der Waals surface area contributed by atoms with Gasteiger partial charge in [-0.2, -0.15) is 0 Å². The van der Waals surface area contributed by atoms with Crippen LogP contribution in [0.5, 0.6) is 11.5 Å². The first-order valence-electron chi connectivity index (χ1n) is 6.83. The second-order valence-electron chi connectivity index (χ2n) is 5.11. The maximum Gasteiger partial charge on any atom is 0.162 e. The number of nitrogens with two attached hydrogens (primary N) is 1. The fourth-order valence-electron chi connectivity index (χ4n) is 2.27. The summed E-state index contributed by atoms with van der Waals surface area (Å²) in [6.45, 7) is 2.86. The normalized spacial score (nSPS) is 10.3. The molecule has 112 valence electrons. The molecule has 2 N–H and O–H groups in total. The molecule has 0 aliphatic heterocycles. The Hall–Kier alpha value is -2.36. The highest BCUT2D eigenvalue weighted by atomic mass is 16.5. The van der Waals surface area contributed by atoms with Gasteiger partial charge in [-0.1, -0.05) is 29.8 Å². The molecule has 2 aromatic carbocycles. The molecular weight excluding hydrogens is 264 g/mol. The highest BCUT2D eigenvalue weighted by Gasteiger charge is 2.12. The molecule has 0 saturated carbocycles. The van der Waals surface area contributed by atoms with Crippen LogP contribution in [0.15, 0.2) is 36.4 Å². The van der Waals surface area contributed by atoms with Gasteiger partial charge in [0.25, 0.3) is 0 Å². The molecule has 0 aromatic heterocycles. The van der Waals surface area contributed by atoms with Crippen LogP contribution in [0.2, 0.25) is 0 Å². The monoisotopic (exact) mass is 286 g/mol. The summed E-state index contributed by atoms with van der Waals surface area (Å²) in [5.74, 6) is 1.32. The number of hydrogen-bond donors (Lipinski definition) is 1. The number of methoxy groups -OCH3 is 2. The Morgan fingerprint density at radius 2 is 1.57 bits per heavy atom. The first-order chi connectivity index (χ1) is 10.0. The van der Waals surface area contributed by atoms with Crippen molar-refractivity contribution < 1.29 is 9.47 Å². The summed E-state index contributed by atoms with van der Waals surface area (Å²) in [5, 5.41) is 0. The van der Waals surface area contributed by atoms with E-state index >= 15 is 0 Å². The van der Waals surface area contributed by atoms with E-state index in [0.29, 0.717) is 17.2 Å². The highest BCUT2D eigenvalue weighted by molar-refractivity contribution is 5.73. The lowest BCUT2D eigenvalue weighted by molar-refractivity contribution is 0.355. The van der Waals surface area contributed by atoms with Gasteiger partial charge in [-0.25, -0.2) is 0 Å². The second-order valence-corrected chi connectivity index (χ2v) is 5.11. The number of nitrogen functional groups attached to an aromatic ring is 1. The molecule has 2 rings (SSSR count). The van der Waals surface area contributed by atoms with Crippen molar-refractivity contribution in [3.05, 3.63) is 47.5 Å². The van der Waals surface area contributed by atoms with Gasteiger partial charge in [0.2, 0.25) is 0 Å². The Labute approximate surface area is 126 Å². The molecule has 0 heterocycles. The van der Waals surface area contributed by atoms with Crippen LogP contribution in [0, 0.1) is 6.92 Å². The van der Waals surface area contributed by atoms with Crippen molar-refractivity contribution in [2.45, 2.75) is 13.5 Å². The van der Waals surface area contributed by atoms with Crippen LogP contribution in [0.3, 0.4) is 0 Å². The predicted octanol–water partition coefficient (Wildman–Crippen LogP) is 3.23. The summed E-state index contributed by atoms with van der Waals surface area (Å²) in [7, 11) is 5.24. The minimum atomic E-state index is 0.641. The van der Waals surface area contributed by atoms with Crippen LogP contribution in [-0.4, -0.2) is 21.3 Å². The zero-order chi connectivity index (χ0) is 15.4. The average Bonchev–Trinajstić information content (AvgIpc) is 2.49. The molecule has 2 aromatic rings. The summed E-state index contributed by atoms with van der Waals surface area (Å²) in [5.41, 5.74) is 10.2. The number of benzene rings is 2. The van der Waals surface area contributed by atoms with E-state index in [9.17, 15) is 0 Å². The molecule has 0 bridgehead atoms. The zero-order valence-corrected chi connectivity index (χ0v) is 13.0. The summed E-state index contributed by atoms with van der Waals surface area (Å²) in [4.78, 5) is 2.10. The first kappa shape index (κ1) is 15.0. The van der Waals surface area contributed by atoms with Crippen LogP contribution in [-0.2, 0) is 6.54 Å². The van der Waals surface area contributed by atoms with E-state index in [-0.39, 0.29) is 0 Å². The van der Waals surface area contributed by atoms with E-state index in [1.165, 1.54) is 11.1 Å². The molecule has 0 aliphatic rings. The van der Waals surface area contributed by atoms with Gasteiger partial charge in [0, 0.05) is 25.7 Å². The molecule has 0 aliphatic carbocycles. The van der Waals surface area contributed by atoms with Crippen LogP contribution in [0.25, 0.3) is 0 Å². The summed E-state index contributed by atoms with van der Waals surface area (Å²) in [6, 6.07) is 12.2. The van der Waals surface area contributed by atoms with E-state index in [2.05, 4.69) is 36.1 Å². The number of ether oxygens (including phenoxy) is 2. The molecule has 4 nitrogen and oxygen atoms in total. The van der Waals surface area contributed by atoms with E-state index < -0.39 is 0 Å². The predicted molar refractivity (Wildman–Crippen MR) is 87.2 cm³/mol. The van der Waals surface area contributed by atoms with Crippen molar-refractivity contribution in [2.75, 3.05) is 31.9 Å². The van der Waals surface area contributed by atoms with Crippen molar-refractivity contribution in [2.24, 2.45) is 0 Å². The Kier molecular flexibility index (Phi) is 4.58. The molecule has 0 spiro atoms. The lowest BCUT2D eigenvalue weighted by atomic mass is 10.1. The molecular formula is C17H22N2O2. The zero-order valence-electron chi connectivity index (χ0n) is 13.0. The van der Waals surface area contributed by atoms with Crippen LogP contribution < -0.4 is 20.1 Å². The third kappa shape index (κ3) is 3.40. The molecule has 0 atom stereocenters. The highest BCUT2D eigenvalue weighted by Crippen LogP contribution is 2.36. The maximum absolute atomic E-state index is 6.12. The quantitative estimate of drug-likeness (QED) is 0.857. The SMILES string of the molecule is COc1cc(N)c(N(C)Cc2ccc(C)cc2)cc1OC. The minimum Gasteiger partial charge on any atom is -0.493 e. The number of aryl methyl sites for hydroxylation is 1. The van der Waals surface area contributed by atoms with Crippen molar-refractivity contribution in [3.63, 3.8) is 0 Å². The Bertz CT molecular complexity index is 609. The van der Waals surface area contributed by atoms with Gasteiger partial charge < -0.3 is 20.1 Å². The van der Waals surface area contributed by atoms with Crippen LogP contribution >= 0.6 is 0 Å². The second kappa shape index (κ2) is 6.39. The Morgan fingerprint density at radius 3 is 2.14 bits per heavy atom. The summed E-state index contributed by atoms with van der Waals surface area (Å²) >= 11 is 0. The Balaban J connectivity index is 2.26. The molecule has 0 unspecified atom stereocenters. The summed E-state index contributed by atoms with van der Waals surface area (Å²) < 4.78 is 10.6. The standard InChI is InChI=1S/C17H22N2O2/c1-12-5-7-13(8-6-12)11-19(2)15-10-17(21-4)16(20-3)9-14(15)18/h5-10H,11,18H2,1-4H3. The van der Waals surface area contributed by atoms with Gasteiger partial charge in [0.1, 0.15) is 0 Å². The number of anilines is 2. The molecule has 0 radical (unpaired) electrons. The third-order valence-electron chi connectivity index (χ3n) is 3.48. The maximum atomic E-state index is 6.12. The van der Waals surface area contributed by atoms with E-state index in [1.54, 1.807) is 20.3 Å². The van der Waals surface area contributed by atoms with Crippen LogP contribution in [0.1, 0.15) is 11.1 Å². The topological polar surface area (TPSA) is 47.7 Å². The lowest BCUT2D eigenvalue weighted by Crippen LogP contribution is -2.18. The van der Waals surface area contributed by atoms with Crippen molar-refractivity contribution >= 4 is 11.4 Å². The minimum absolute atomic E-state index is 0.641. The van der Waals surface area contributed by atoms with Crippen molar-refractivity contribution in [1.29, 1.82) is 0 Å². The average molecular weight is 286 g/mol. The third-order valence-corrected chi connectivity index (χ3v) is 3.48. The van der Waals surface area contributed by atoms with Gasteiger partial charge in [-0.05, 0) is 12.5 Å². The van der Waals surface area contributed by atoms with Gasteiger partial charge in [-0.3, -0.25) is 0 Å². The van der Waals surface area contributed by atoms with E-state index in [1.807, 2.05) is 13.1 Å². The molecule has 4 heteroatoms. The smallest absolute Gasteiger partial charge is 0.162 e. The number of hydrogen-bond acceptors (Lipinski definition) is 4. The molecule has 0 saturated heterocycles. The fourth-order valence-corrected chi connectivity index (χ4v) is 2.27. The van der Waals surface area contributed by atoms with Gasteiger partial charge in [-0.15, -0.1) is 0 Å². The first-order valence-corrected chi connectivity index (χ1v) is 6.83. The molecule has 0 amide bonds. The molecule has 0 fully saturated rings. The van der Waals surface area contributed by atoms with Crippen molar-refractivity contribution in [3.8, 4) is 11.5 Å². The van der Waals surface area contributed by atoms with E-state index in [4.69, 9.17) is 15.2 Å². The largest absolute Gasteiger partial charge is 0.493 e. The number of nitrogens with zero attached hydrogens (tertiary/aromatic N) is 1. The fraction of sp³-hybridized carbons (Fsp3) is 0.294. The van der Waals surface area contributed by atoms with E-state index in [0.717, 1.165) is 12.2 Å². The van der Waals surface area contributed by atoms with Crippen LogP contribution in [0.4, 0.5) is 11.4 Å².